The summed E-state index contributed by atoms with van der Waals surface area (Å²) in [6.45, 7) is 4.47. The Morgan fingerprint density at radius 2 is 2.23 bits per heavy atom. The monoisotopic (exact) mass is 183 g/mol. The van der Waals surface area contributed by atoms with Gasteiger partial charge in [-0.05, 0) is 0 Å². The summed E-state index contributed by atoms with van der Waals surface area (Å²) >= 11 is 0. The normalized spacial score (nSPS) is 13.2. The minimum absolute atomic E-state index is 0.0833. The van der Waals surface area contributed by atoms with Crippen molar-refractivity contribution < 1.29 is 9.31 Å². The van der Waals surface area contributed by atoms with Crippen LogP contribution in [0.5, 0.6) is 0 Å². The zero-order chi connectivity index (χ0) is 10.3. The molecule has 0 amide bonds. The van der Waals surface area contributed by atoms with Crippen LogP contribution in [0.15, 0.2) is 23.6 Å². The molecule has 0 rings (SSSR count). The van der Waals surface area contributed by atoms with Crippen molar-refractivity contribution in [3.8, 4) is 0 Å². The van der Waals surface area contributed by atoms with Gasteiger partial charge in [-0.25, -0.2) is 0 Å². The van der Waals surface area contributed by atoms with Gasteiger partial charge in [0.15, 0.2) is 0 Å². The molecule has 0 aromatic heterocycles. The summed E-state index contributed by atoms with van der Waals surface area (Å²) in [5.74, 6) is 1.64. The topological polar surface area (TPSA) is 43.1 Å². The fraction of sp³-hybridized carbons (Fsp3) is 0.375. The van der Waals surface area contributed by atoms with E-state index >= 15 is 0 Å². The number of hydrogen-bond acceptors (Lipinski definition) is 2. The molecule has 0 radical (unpaired) electrons. The molecule has 0 aromatic rings. The van der Waals surface area contributed by atoms with Gasteiger partial charge in [-0.2, -0.15) is 0 Å². The fourth-order valence-corrected chi connectivity index (χ4v) is 0.547. The Kier molecular flexibility index (Phi) is 5.68. The third-order valence-corrected chi connectivity index (χ3v) is 1.28. The van der Waals surface area contributed by atoms with Crippen molar-refractivity contribution in [2.45, 2.75) is 20.3 Å². The van der Waals surface area contributed by atoms with Gasteiger partial charge in [-0.1, -0.05) is 0 Å². The van der Waals surface area contributed by atoms with E-state index in [1.165, 1.54) is 13.8 Å². The summed E-state index contributed by atoms with van der Waals surface area (Å²) in [5.41, 5.74) is -0.567. The first-order valence-electron chi connectivity index (χ1n) is 3.93. The van der Waals surface area contributed by atoms with Gasteiger partial charge >= 0.3 is 76.2 Å². The van der Waals surface area contributed by atoms with Crippen LogP contribution in [0.1, 0.15) is 20.3 Å². The molecule has 0 aliphatic carbocycles. The number of halogens is 1. The van der Waals surface area contributed by atoms with E-state index in [1.807, 2.05) is 6.92 Å². The average molecular weight is 183 g/mol. The van der Waals surface area contributed by atoms with Crippen molar-refractivity contribution >= 4 is 12.9 Å². The second-order valence-electron chi connectivity index (χ2n) is 2.43. The predicted octanol–water partition coefficient (Wildman–Crippen LogP) is 1.89. The van der Waals surface area contributed by atoms with Gasteiger partial charge in [0.05, 0.1) is 0 Å². The van der Waals surface area contributed by atoms with E-state index in [2.05, 4.69) is 0 Å². The summed E-state index contributed by atoms with van der Waals surface area (Å²) in [6.07, 6.45) is 2.94. The number of nitro groups is 1. The number of rotatable bonds is 4. The molecular weight excluding hydrogens is 172 g/mol. The van der Waals surface area contributed by atoms with Crippen molar-refractivity contribution in [1.29, 1.82) is 0 Å². The zero-order valence-corrected chi connectivity index (χ0v) is 7.66. The molecule has 0 saturated carbocycles. The van der Waals surface area contributed by atoms with Crippen molar-refractivity contribution in [3.63, 3.8) is 0 Å². The van der Waals surface area contributed by atoms with Crippen LogP contribution in [0.2, 0.25) is 0 Å². The second kappa shape index (κ2) is 6.28. The van der Waals surface area contributed by atoms with Gasteiger partial charge in [-0.15, -0.1) is 0 Å². The molecule has 0 aliphatic rings. The molecule has 0 aromatic carbocycles. The van der Waals surface area contributed by atoms with Crippen molar-refractivity contribution in [2.24, 2.45) is 0 Å². The molecule has 0 N–H and O–H groups in total. The molecular formula is C8H11BFNO2. The first kappa shape index (κ1) is 11.7. The minimum atomic E-state index is -0.562. The summed E-state index contributed by atoms with van der Waals surface area (Å²) in [5, 5.41) is 10.1. The predicted molar refractivity (Wildman–Crippen MR) is 52.1 cm³/mol. The second-order valence-corrected chi connectivity index (χ2v) is 2.43. The molecule has 0 heterocycles. The van der Waals surface area contributed by atoms with E-state index < -0.39 is 10.6 Å². The maximum absolute atomic E-state index is 12.7. The van der Waals surface area contributed by atoms with E-state index in [0.717, 1.165) is 18.6 Å². The van der Waals surface area contributed by atoms with Crippen LogP contribution < -0.4 is 0 Å². The first-order valence-corrected chi connectivity index (χ1v) is 3.93. The molecule has 0 fully saturated rings. The average Bonchev–Trinajstić information content (AvgIpc) is 2.10. The summed E-state index contributed by atoms with van der Waals surface area (Å²) in [4.78, 5) is 9.53. The van der Waals surface area contributed by atoms with Crippen LogP contribution in [0, 0.1) is 10.1 Å². The van der Waals surface area contributed by atoms with Crippen LogP contribution >= 0.6 is 0 Å². The van der Waals surface area contributed by atoms with Gasteiger partial charge in [0.25, 0.3) is 0 Å². The van der Waals surface area contributed by atoms with E-state index in [-0.39, 0.29) is 5.70 Å². The van der Waals surface area contributed by atoms with Gasteiger partial charge in [0.2, 0.25) is 0 Å². The maximum atomic E-state index is 12.7. The molecule has 0 saturated heterocycles. The Hall–Kier alpha value is -1.26. The standard InChI is InChI=1S/C8H11BFNO2/c1-3-6-9-8(10)5-4-7(2)11(12)13/h4-6H,3H2,1-2H3/b7-4+,8-5+. The molecule has 5 heteroatoms. The van der Waals surface area contributed by atoms with Crippen LogP contribution in [0.3, 0.4) is 0 Å². The molecule has 0 unspecified atom stereocenters. The van der Waals surface area contributed by atoms with Gasteiger partial charge in [0.1, 0.15) is 0 Å². The van der Waals surface area contributed by atoms with Crippen LogP contribution in [-0.4, -0.2) is 17.8 Å². The first-order chi connectivity index (χ1) is 6.07. The van der Waals surface area contributed by atoms with Crippen LogP contribution in [-0.2, 0) is 0 Å². The molecule has 0 aliphatic heterocycles. The summed E-state index contributed by atoms with van der Waals surface area (Å²) < 4.78 is 12.7. The number of hydrogen-bond donors (Lipinski definition) is 0. The molecule has 0 spiro atoms. The van der Waals surface area contributed by atoms with E-state index in [4.69, 9.17) is 0 Å². The summed E-state index contributed by atoms with van der Waals surface area (Å²) in [6, 6.07) is 0. The molecule has 70 valence electrons. The molecule has 3 nitrogen and oxygen atoms in total. The molecule has 0 bridgehead atoms. The Labute approximate surface area is 77.0 Å². The van der Waals surface area contributed by atoms with Crippen molar-refractivity contribution in [3.05, 3.63) is 33.7 Å². The van der Waals surface area contributed by atoms with Crippen molar-refractivity contribution in [1.82, 2.24) is 0 Å². The Balaban J connectivity index is 4.33. The zero-order valence-electron chi connectivity index (χ0n) is 7.66. The van der Waals surface area contributed by atoms with Gasteiger partial charge < -0.3 is 0 Å². The Bertz CT molecular complexity index is 271. The van der Waals surface area contributed by atoms with Crippen LogP contribution in [0.25, 0.3) is 0 Å². The third kappa shape index (κ3) is 5.96. The van der Waals surface area contributed by atoms with Gasteiger partial charge in [-0.3, -0.25) is 0 Å². The Morgan fingerprint density at radius 3 is 2.69 bits per heavy atom. The number of nitrogens with zero attached hydrogens (tertiary/aromatic N) is 1. The summed E-state index contributed by atoms with van der Waals surface area (Å²) in [7, 11) is 0. The van der Waals surface area contributed by atoms with Crippen LogP contribution in [0.4, 0.5) is 4.39 Å². The number of allylic oxidation sites excluding steroid dienone is 3. The fourth-order valence-electron chi connectivity index (χ4n) is 0.547. The van der Waals surface area contributed by atoms with E-state index in [1.54, 1.807) is 5.97 Å². The molecule has 0 atom stereocenters. The Morgan fingerprint density at radius 1 is 1.62 bits per heavy atom. The SMILES string of the molecule is CCC=B/C(F)=C\C=C(/C)[N+](=O)[O-]. The quantitative estimate of drug-likeness (QED) is 0.289. The molecule has 13 heavy (non-hydrogen) atoms. The van der Waals surface area contributed by atoms with Gasteiger partial charge in [0, 0.05) is 0 Å². The van der Waals surface area contributed by atoms with E-state index in [9.17, 15) is 14.5 Å². The third-order valence-electron chi connectivity index (χ3n) is 1.28. The van der Waals surface area contributed by atoms with E-state index in [0.29, 0.717) is 0 Å². The van der Waals surface area contributed by atoms with Crippen molar-refractivity contribution in [2.75, 3.05) is 0 Å².